The number of anilines is 1. The van der Waals surface area contributed by atoms with Crippen molar-refractivity contribution >= 4 is 5.95 Å². The summed E-state index contributed by atoms with van der Waals surface area (Å²) in [6.45, 7) is 11.6. The normalized spacial score (nSPS) is 19.7. The molecule has 1 aliphatic rings. The monoisotopic (exact) mass is 295 g/mol. The van der Waals surface area contributed by atoms with Crippen LogP contribution in [0.2, 0.25) is 0 Å². The highest BCUT2D eigenvalue weighted by atomic mass is 16.5. The van der Waals surface area contributed by atoms with Crippen LogP contribution >= 0.6 is 0 Å². The van der Waals surface area contributed by atoms with E-state index in [-0.39, 0.29) is 5.92 Å². The van der Waals surface area contributed by atoms with Crippen LogP contribution in [0.5, 0.6) is 0 Å². The number of nitrogens with zero attached hydrogens (tertiary/aromatic N) is 4. The Balaban J connectivity index is 2.00. The van der Waals surface area contributed by atoms with Crippen LogP contribution in [0.25, 0.3) is 0 Å². The highest BCUT2D eigenvalue weighted by Gasteiger charge is 2.25. The third-order valence-corrected chi connectivity index (χ3v) is 4.29. The van der Waals surface area contributed by atoms with E-state index < -0.39 is 0 Å². The van der Waals surface area contributed by atoms with E-state index in [2.05, 4.69) is 53.1 Å². The zero-order valence-electron chi connectivity index (χ0n) is 13.8. The van der Waals surface area contributed by atoms with Gasteiger partial charge in [-0.05, 0) is 38.5 Å². The molecule has 0 amide bonds. The lowest BCUT2D eigenvalue weighted by atomic mass is 9.98. The second-order valence-electron chi connectivity index (χ2n) is 5.98. The molecule has 0 aliphatic carbocycles. The Bertz CT molecular complexity index is 414. The van der Waals surface area contributed by atoms with Crippen molar-refractivity contribution in [3.8, 4) is 0 Å². The maximum atomic E-state index is 5.54. The Morgan fingerprint density at radius 3 is 2.57 bits per heavy atom. The van der Waals surface area contributed by atoms with Crippen LogP contribution in [0.15, 0.2) is 4.52 Å². The average Bonchev–Trinajstić information content (AvgIpc) is 2.96. The number of aromatic nitrogens is 2. The van der Waals surface area contributed by atoms with Crippen molar-refractivity contribution in [2.24, 2.45) is 0 Å². The summed E-state index contributed by atoms with van der Waals surface area (Å²) in [6, 6.07) is 0.357. The first-order valence-electron chi connectivity index (χ1n) is 8.16. The van der Waals surface area contributed by atoms with Gasteiger partial charge in [0.25, 0.3) is 5.95 Å². The van der Waals surface area contributed by atoms with Crippen LogP contribution in [-0.4, -0.2) is 60.9 Å². The minimum Gasteiger partial charge on any atom is -0.337 e. The van der Waals surface area contributed by atoms with Crippen molar-refractivity contribution < 1.29 is 4.52 Å². The molecular formula is C15H29N5O. The molecule has 0 bridgehead atoms. The second-order valence-corrected chi connectivity index (χ2v) is 5.98. The summed E-state index contributed by atoms with van der Waals surface area (Å²) in [7, 11) is 2.15. The van der Waals surface area contributed by atoms with Gasteiger partial charge in [-0.15, -0.1) is 0 Å². The van der Waals surface area contributed by atoms with E-state index in [1.165, 1.54) is 0 Å². The van der Waals surface area contributed by atoms with Crippen LogP contribution in [0.3, 0.4) is 0 Å². The Morgan fingerprint density at radius 1 is 1.24 bits per heavy atom. The van der Waals surface area contributed by atoms with Crippen molar-refractivity contribution in [3.05, 3.63) is 5.89 Å². The van der Waals surface area contributed by atoms with Crippen LogP contribution in [0.4, 0.5) is 5.95 Å². The maximum absolute atomic E-state index is 5.54. The lowest BCUT2D eigenvalue weighted by Crippen LogP contribution is -2.45. The molecular weight excluding hydrogens is 266 g/mol. The summed E-state index contributed by atoms with van der Waals surface area (Å²) in [5.41, 5.74) is 0. The molecule has 1 fully saturated rings. The average molecular weight is 295 g/mol. The fourth-order valence-electron chi connectivity index (χ4n) is 2.77. The molecule has 1 saturated heterocycles. The van der Waals surface area contributed by atoms with Gasteiger partial charge < -0.3 is 19.6 Å². The number of likely N-dealkylation sites (N-methyl/N-ethyl adjacent to an activating group) is 1. The minimum absolute atomic E-state index is 0.283. The first-order chi connectivity index (χ1) is 10.2. The molecule has 2 heterocycles. The molecule has 2 unspecified atom stereocenters. The summed E-state index contributed by atoms with van der Waals surface area (Å²) in [6.07, 6.45) is 2.14. The third kappa shape index (κ3) is 4.17. The zero-order chi connectivity index (χ0) is 15.2. The van der Waals surface area contributed by atoms with Gasteiger partial charge in [0.1, 0.15) is 0 Å². The van der Waals surface area contributed by atoms with Crippen molar-refractivity contribution in [1.82, 2.24) is 20.4 Å². The van der Waals surface area contributed by atoms with E-state index in [1.807, 2.05) is 0 Å². The number of hydrogen-bond donors (Lipinski definition) is 1. The van der Waals surface area contributed by atoms with Gasteiger partial charge in [0, 0.05) is 32.2 Å². The van der Waals surface area contributed by atoms with Gasteiger partial charge in [-0.3, -0.25) is 0 Å². The largest absolute Gasteiger partial charge is 0.337 e. The van der Waals surface area contributed by atoms with Gasteiger partial charge in [-0.1, -0.05) is 13.8 Å². The van der Waals surface area contributed by atoms with Crippen molar-refractivity contribution in [2.45, 2.75) is 45.6 Å². The first kappa shape index (κ1) is 16.2. The van der Waals surface area contributed by atoms with Gasteiger partial charge in [0.05, 0.1) is 5.92 Å². The molecule has 1 aromatic rings. The standard InChI is InChI=1S/C15H29N5O/c1-5-7-16-12(3)13(6-2)14-17-15(18-21-14)20-10-8-19(4)9-11-20/h12-13,16H,5-11H2,1-4H3. The maximum Gasteiger partial charge on any atom is 0.266 e. The predicted molar refractivity (Wildman–Crippen MR) is 84.8 cm³/mol. The van der Waals surface area contributed by atoms with Gasteiger partial charge in [-0.2, -0.15) is 4.98 Å². The molecule has 1 aliphatic heterocycles. The highest BCUT2D eigenvalue weighted by molar-refractivity contribution is 5.29. The minimum atomic E-state index is 0.283. The molecule has 2 rings (SSSR count). The lowest BCUT2D eigenvalue weighted by Gasteiger charge is -2.31. The van der Waals surface area contributed by atoms with E-state index in [4.69, 9.17) is 4.52 Å². The molecule has 0 radical (unpaired) electrons. The third-order valence-electron chi connectivity index (χ3n) is 4.29. The summed E-state index contributed by atoms with van der Waals surface area (Å²) >= 11 is 0. The quantitative estimate of drug-likeness (QED) is 0.826. The van der Waals surface area contributed by atoms with Gasteiger partial charge in [-0.25, -0.2) is 0 Å². The number of nitrogens with one attached hydrogen (secondary N) is 1. The van der Waals surface area contributed by atoms with Gasteiger partial charge in [0.2, 0.25) is 5.89 Å². The van der Waals surface area contributed by atoms with E-state index >= 15 is 0 Å². The molecule has 6 heteroatoms. The molecule has 2 atom stereocenters. The topological polar surface area (TPSA) is 57.4 Å². The van der Waals surface area contributed by atoms with Crippen molar-refractivity contribution in [1.29, 1.82) is 0 Å². The van der Waals surface area contributed by atoms with Gasteiger partial charge >= 0.3 is 0 Å². The SMILES string of the molecule is CCCNC(C)C(CC)c1nc(N2CCN(C)CC2)no1. The van der Waals surface area contributed by atoms with Gasteiger partial charge in [0.15, 0.2) is 0 Å². The Labute approximate surface area is 127 Å². The first-order valence-corrected chi connectivity index (χ1v) is 8.16. The predicted octanol–water partition coefficient (Wildman–Crippen LogP) is 1.70. The van der Waals surface area contributed by atoms with E-state index in [1.54, 1.807) is 0 Å². The molecule has 21 heavy (non-hydrogen) atoms. The molecule has 6 nitrogen and oxygen atoms in total. The summed E-state index contributed by atoms with van der Waals surface area (Å²) in [5.74, 6) is 1.80. The van der Waals surface area contributed by atoms with E-state index in [9.17, 15) is 0 Å². The van der Waals surface area contributed by atoms with Crippen molar-refractivity contribution in [3.63, 3.8) is 0 Å². The number of hydrogen-bond acceptors (Lipinski definition) is 6. The Morgan fingerprint density at radius 2 is 1.95 bits per heavy atom. The molecule has 1 N–H and O–H groups in total. The molecule has 0 aromatic carbocycles. The van der Waals surface area contributed by atoms with E-state index in [0.717, 1.165) is 57.4 Å². The summed E-state index contributed by atoms with van der Waals surface area (Å²) in [4.78, 5) is 9.18. The smallest absolute Gasteiger partial charge is 0.266 e. The Hall–Kier alpha value is -1.14. The zero-order valence-corrected chi connectivity index (χ0v) is 13.8. The summed E-state index contributed by atoms with van der Waals surface area (Å²) < 4.78 is 5.54. The molecule has 1 aromatic heterocycles. The fraction of sp³-hybridized carbons (Fsp3) is 0.867. The van der Waals surface area contributed by atoms with Crippen LogP contribution in [0.1, 0.15) is 45.4 Å². The highest BCUT2D eigenvalue weighted by Crippen LogP contribution is 2.24. The van der Waals surface area contributed by atoms with E-state index in [0.29, 0.717) is 6.04 Å². The number of rotatable bonds is 7. The van der Waals surface area contributed by atoms with Crippen LogP contribution in [-0.2, 0) is 0 Å². The molecule has 0 saturated carbocycles. The fourth-order valence-corrected chi connectivity index (χ4v) is 2.77. The summed E-state index contributed by atoms with van der Waals surface area (Å²) in [5, 5.41) is 7.72. The lowest BCUT2D eigenvalue weighted by molar-refractivity contribution is 0.304. The van der Waals surface area contributed by atoms with Crippen LogP contribution in [0, 0.1) is 0 Å². The molecule has 0 spiro atoms. The second kappa shape index (κ2) is 7.75. The Kier molecular flexibility index (Phi) is 5.99. The van der Waals surface area contributed by atoms with Crippen LogP contribution < -0.4 is 10.2 Å². The molecule has 120 valence electrons. The van der Waals surface area contributed by atoms with Crippen molar-refractivity contribution in [2.75, 3.05) is 44.7 Å². The number of piperazine rings is 1.